The zero-order valence-electron chi connectivity index (χ0n) is 12.4. The number of ether oxygens (including phenoxy) is 1. The van der Waals surface area contributed by atoms with E-state index < -0.39 is 0 Å². The maximum atomic E-state index is 11.9. The summed E-state index contributed by atoms with van der Waals surface area (Å²) in [6, 6.07) is 3.58. The van der Waals surface area contributed by atoms with Crippen LogP contribution in [0.5, 0.6) is 0 Å². The van der Waals surface area contributed by atoms with E-state index in [0.717, 1.165) is 18.8 Å². The summed E-state index contributed by atoms with van der Waals surface area (Å²) in [7, 11) is 0. The van der Waals surface area contributed by atoms with E-state index in [1.165, 1.54) is 25.7 Å². The summed E-state index contributed by atoms with van der Waals surface area (Å²) in [6.07, 6.45) is 10.3. The van der Waals surface area contributed by atoms with Gasteiger partial charge in [-0.2, -0.15) is 0 Å². The maximum Gasteiger partial charge on any atom is 0.363 e. The average molecular weight is 287 g/mol. The van der Waals surface area contributed by atoms with Gasteiger partial charge >= 0.3 is 5.97 Å². The summed E-state index contributed by atoms with van der Waals surface area (Å²) < 4.78 is 10.6. The minimum atomic E-state index is -0.364. The Morgan fingerprint density at radius 1 is 1.33 bits per heavy atom. The molecule has 2 heterocycles. The van der Waals surface area contributed by atoms with Crippen molar-refractivity contribution in [2.75, 3.05) is 0 Å². The molecule has 4 nitrogen and oxygen atoms in total. The Morgan fingerprint density at radius 2 is 2.14 bits per heavy atom. The van der Waals surface area contributed by atoms with E-state index in [9.17, 15) is 4.79 Å². The second-order valence-corrected chi connectivity index (χ2v) is 5.89. The second kappa shape index (κ2) is 6.29. The molecule has 1 aliphatic carbocycles. The fourth-order valence-corrected chi connectivity index (χ4v) is 3.21. The van der Waals surface area contributed by atoms with Gasteiger partial charge in [-0.1, -0.05) is 19.8 Å². The van der Waals surface area contributed by atoms with Crippen LogP contribution in [0.4, 0.5) is 0 Å². The van der Waals surface area contributed by atoms with Gasteiger partial charge < -0.3 is 9.15 Å². The quantitative estimate of drug-likeness (QED) is 0.616. The zero-order valence-corrected chi connectivity index (χ0v) is 12.4. The summed E-state index contributed by atoms with van der Waals surface area (Å²) in [5.74, 6) is 2.00. The van der Waals surface area contributed by atoms with Crippen LogP contribution >= 0.6 is 0 Å². The summed E-state index contributed by atoms with van der Waals surface area (Å²) in [6.45, 7) is 2.24. The molecule has 0 aromatic carbocycles. The summed E-state index contributed by atoms with van der Waals surface area (Å²) in [4.78, 5) is 16.3. The topological polar surface area (TPSA) is 51.8 Å². The first-order chi connectivity index (χ1) is 10.3. The van der Waals surface area contributed by atoms with Gasteiger partial charge in [0.15, 0.2) is 5.70 Å². The molecule has 1 aliphatic heterocycles. The number of carbonyl (C=O) groups is 1. The lowest BCUT2D eigenvalue weighted by molar-refractivity contribution is -0.130. The Labute approximate surface area is 124 Å². The Kier molecular flexibility index (Phi) is 4.23. The van der Waals surface area contributed by atoms with Crippen LogP contribution < -0.4 is 0 Å². The smallest absolute Gasteiger partial charge is 0.363 e. The van der Waals surface area contributed by atoms with Crippen molar-refractivity contribution >= 4 is 17.9 Å². The highest BCUT2D eigenvalue weighted by Gasteiger charge is 2.32. The number of cyclic esters (lactones) is 1. The van der Waals surface area contributed by atoms with Gasteiger partial charge in [0, 0.05) is 12.0 Å². The number of aliphatic imine (C=N–C) groups is 1. The van der Waals surface area contributed by atoms with Crippen LogP contribution in [0.2, 0.25) is 0 Å². The van der Waals surface area contributed by atoms with E-state index in [-0.39, 0.29) is 5.97 Å². The lowest BCUT2D eigenvalue weighted by Crippen LogP contribution is -2.22. The molecule has 0 saturated heterocycles. The number of hydrogen-bond donors (Lipinski definition) is 0. The molecule has 0 amide bonds. The van der Waals surface area contributed by atoms with Gasteiger partial charge in [0.25, 0.3) is 0 Å². The lowest BCUT2D eigenvalue weighted by Gasteiger charge is -2.27. The van der Waals surface area contributed by atoms with Crippen molar-refractivity contribution in [1.82, 2.24) is 0 Å². The molecule has 21 heavy (non-hydrogen) atoms. The van der Waals surface area contributed by atoms with E-state index in [1.54, 1.807) is 24.5 Å². The molecule has 1 aromatic heterocycles. The number of hydrogen-bond acceptors (Lipinski definition) is 4. The summed E-state index contributed by atoms with van der Waals surface area (Å²) >= 11 is 0. The first-order valence-electron chi connectivity index (χ1n) is 7.82. The van der Waals surface area contributed by atoms with Gasteiger partial charge in [-0.05, 0) is 43.7 Å². The molecule has 4 heteroatoms. The summed E-state index contributed by atoms with van der Waals surface area (Å²) in [5, 5.41) is 0. The molecule has 1 aromatic rings. The van der Waals surface area contributed by atoms with E-state index >= 15 is 0 Å². The Hall–Kier alpha value is -1.84. The van der Waals surface area contributed by atoms with E-state index in [4.69, 9.17) is 9.15 Å². The predicted molar refractivity (Wildman–Crippen MR) is 80.6 cm³/mol. The molecule has 0 bridgehead atoms. The first kappa shape index (κ1) is 14.1. The van der Waals surface area contributed by atoms with Crippen LogP contribution in [-0.2, 0) is 9.53 Å². The number of carbonyl (C=O) groups excluding carboxylic acids is 1. The van der Waals surface area contributed by atoms with Gasteiger partial charge in [-0.3, -0.25) is 0 Å². The number of esters is 1. The molecule has 0 atom stereocenters. The second-order valence-electron chi connectivity index (χ2n) is 5.89. The molecular weight excluding hydrogens is 266 g/mol. The van der Waals surface area contributed by atoms with Crippen LogP contribution in [0.3, 0.4) is 0 Å². The Bertz CT molecular complexity index is 549. The monoisotopic (exact) mass is 287 g/mol. The minimum Gasteiger partial charge on any atom is -0.465 e. The van der Waals surface area contributed by atoms with Gasteiger partial charge in [0.1, 0.15) is 5.76 Å². The van der Waals surface area contributed by atoms with E-state index in [0.29, 0.717) is 23.3 Å². The fourth-order valence-electron chi connectivity index (χ4n) is 3.21. The van der Waals surface area contributed by atoms with Crippen molar-refractivity contribution in [3.63, 3.8) is 0 Å². The molecule has 0 N–H and O–H groups in total. The molecule has 1 saturated carbocycles. The van der Waals surface area contributed by atoms with Crippen LogP contribution in [-0.4, -0.2) is 11.9 Å². The van der Waals surface area contributed by atoms with Gasteiger partial charge in [-0.25, -0.2) is 9.79 Å². The third-order valence-electron chi connectivity index (χ3n) is 4.35. The zero-order chi connectivity index (χ0) is 14.7. The maximum absolute atomic E-state index is 11.9. The van der Waals surface area contributed by atoms with Crippen molar-refractivity contribution in [2.24, 2.45) is 16.8 Å². The highest BCUT2D eigenvalue weighted by Crippen LogP contribution is 2.34. The van der Waals surface area contributed by atoms with E-state index in [2.05, 4.69) is 11.9 Å². The van der Waals surface area contributed by atoms with Crippen molar-refractivity contribution in [3.8, 4) is 0 Å². The van der Waals surface area contributed by atoms with Gasteiger partial charge in [0.05, 0.1) is 6.26 Å². The standard InChI is InChI=1S/C17H21NO3/c1-2-4-12-6-8-13(9-7-12)16-18-15(17(19)21-16)11-14-5-3-10-20-14/h3,5,10-13H,2,4,6-9H2,1H3/b15-11-. The number of nitrogens with zero attached hydrogens (tertiary/aromatic N) is 1. The third kappa shape index (κ3) is 3.26. The van der Waals surface area contributed by atoms with Crippen molar-refractivity contribution < 1.29 is 13.9 Å². The molecule has 0 radical (unpaired) electrons. The highest BCUT2D eigenvalue weighted by atomic mass is 16.6. The van der Waals surface area contributed by atoms with Crippen LogP contribution in [0.15, 0.2) is 33.5 Å². The Morgan fingerprint density at radius 3 is 2.81 bits per heavy atom. The normalized spacial score (nSPS) is 27.8. The highest BCUT2D eigenvalue weighted by molar-refractivity contribution is 6.07. The number of furan rings is 1. The Balaban J connectivity index is 1.66. The largest absolute Gasteiger partial charge is 0.465 e. The number of rotatable bonds is 4. The SMILES string of the molecule is CCCC1CCC(C2=N/C(=C\c3ccco3)C(=O)O2)CC1. The third-order valence-corrected chi connectivity index (χ3v) is 4.35. The van der Waals surface area contributed by atoms with Crippen molar-refractivity contribution in [2.45, 2.75) is 45.4 Å². The van der Waals surface area contributed by atoms with Crippen LogP contribution in [0.1, 0.15) is 51.2 Å². The lowest BCUT2D eigenvalue weighted by atomic mass is 9.80. The molecule has 0 spiro atoms. The molecule has 0 unspecified atom stereocenters. The van der Waals surface area contributed by atoms with Crippen LogP contribution in [0.25, 0.3) is 6.08 Å². The van der Waals surface area contributed by atoms with Crippen molar-refractivity contribution in [3.05, 3.63) is 29.9 Å². The predicted octanol–water partition coefficient (Wildman–Crippen LogP) is 4.18. The van der Waals surface area contributed by atoms with E-state index in [1.807, 2.05) is 0 Å². The van der Waals surface area contributed by atoms with Crippen molar-refractivity contribution in [1.29, 1.82) is 0 Å². The van der Waals surface area contributed by atoms with Gasteiger partial charge in [0.2, 0.25) is 5.90 Å². The molecular formula is C17H21NO3. The summed E-state index contributed by atoms with van der Waals surface area (Å²) in [5.41, 5.74) is 0.343. The molecule has 112 valence electrons. The van der Waals surface area contributed by atoms with Gasteiger partial charge in [-0.15, -0.1) is 0 Å². The van der Waals surface area contributed by atoms with Crippen LogP contribution in [0, 0.1) is 11.8 Å². The first-order valence-corrected chi connectivity index (χ1v) is 7.82. The molecule has 2 aliphatic rings. The molecule has 3 rings (SSSR count). The fraction of sp³-hybridized carbons (Fsp3) is 0.529. The molecule has 1 fully saturated rings. The minimum absolute atomic E-state index is 0.296. The average Bonchev–Trinajstić information content (AvgIpc) is 3.11.